The molecule has 4 fully saturated rings. The average Bonchev–Trinajstić information content (AvgIpc) is 1.99. The van der Waals surface area contributed by atoms with Gasteiger partial charge in [-0.25, -0.2) is 0 Å². The molecule has 68 valence electrons. The zero-order valence-electron chi connectivity index (χ0n) is 7.81. The standard InChI is InChI=1S/C10H17NO/c1-9-6-10(7-9,8-9)11-2-4-12-5-3-11/h2-8H2,1H3. The lowest BCUT2D eigenvalue weighted by molar-refractivity contribution is -0.223. The van der Waals surface area contributed by atoms with Gasteiger partial charge in [0.15, 0.2) is 0 Å². The number of rotatable bonds is 1. The molecular formula is C10H17NO. The minimum Gasteiger partial charge on any atom is -0.379 e. The number of hydrogen-bond donors (Lipinski definition) is 0. The van der Waals surface area contributed by atoms with Gasteiger partial charge in [0, 0.05) is 18.6 Å². The Morgan fingerprint density at radius 1 is 1.08 bits per heavy atom. The van der Waals surface area contributed by atoms with E-state index in [1.807, 2.05) is 0 Å². The first-order valence-corrected chi connectivity index (χ1v) is 5.05. The van der Waals surface area contributed by atoms with Crippen LogP contribution in [0.1, 0.15) is 26.2 Å². The smallest absolute Gasteiger partial charge is 0.0594 e. The van der Waals surface area contributed by atoms with Gasteiger partial charge >= 0.3 is 0 Å². The number of morpholine rings is 1. The number of ether oxygens (including phenoxy) is 1. The fraction of sp³-hybridized carbons (Fsp3) is 1.00. The summed E-state index contributed by atoms with van der Waals surface area (Å²) in [6.45, 7) is 6.69. The molecule has 1 aliphatic heterocycles. The van der Waals surface area contributed by atoms with Gasteiger partial charge in [0.25, 0.3) is 0 Å². The lowest BCUT2D eigenvalue weighted by Gasteiger charge is -2.73. The van der Waals surface area contributed by atoms with Crippen molar-refractivity contribution in [2.24, 2.45) is 5.41 Å². The van der Waals surface area contributed by atoms with Crippen molar-refractivity contribution in [1.82, 2.24) is 4.90 Å². The van der Waals surface area contributed by atoms with Crippen molar-refractivity contribution in [1.29, 1.82) is 0 Å². The molecule has 3 aliphatic carbocycles. The number of nitrogens with zero attached hydrogens (tertiary/aromatic N) is 1. The Hall–Kier alpha value is -0.0800. The second kappa shape index (κ2) is 2.05. The molecule has 0 spiro atoms. The maximum Gasteiger partial charge on any atom is 0.0594 e. The molecule has 1 saturated heterocycles. The van der Waals surface area contributed by atoms with Crippen molar-refractivity contribution in [2.75, 3.05) is 26.3 Å². The molecule has 0 aromatic carbocycles. The predicted molar refractivity (Wildman–Crippen MR) is 47.1 cm³/mol. The fourth-order valence-corrected chi connectivity index (χ4v) is 3.60. The molecule has 0 N–H and O–H groups in total. The van der Waals surface area contributed by atoms with E-state index in [1.165, 1.54) is 32.4 Å². The van der Waals surface area contributed by atoms with Crippen LogP contribution in [0.2, 0.25) is 0 Å². The molecule has 0 unspecified atom stereocenters. The van der Waals surface area contributed by atoms with Gasteiger partial charge in [0.1, 0.15) is 0 Å². The van der Waals surface area contributed by atoms with Gasteiger partial charge in [0.2, 0.25) is 0 Å². The van der Waals surface area contributed by atoms with Gasteiger partial charge in [-0.05, 0) is 24.7 Å². The summed E-state index contributed by atoms with van der Waals surface area (Å²) in [5.41, 5.74) is 1.40. The van der Waals surface area contributed by atoms with Crippen LogP contribution in [-0.4, -0.2) is 36.7 Å². The molecule has 0 radical (unpaired) electrons. The zero-order valence-corrected chi connectivity index (χ0v) is 7.81. The van der Waals surface area contributed by atoms with Crippen LogP contribution in [0.25, 0.3) is 0 Å². The molecule has 2 heteroatoms. The lowest BCUT2D eigenvalue weighted by Crippen LogP contribution is -2.74. The molecule has 0 amide bonds. The van der Waals surface area contributed by atoms with E-state index in [1.54, 1.807) is 0 Å². The summed E-state index contributed by atoms with van der Waals surface area (Å²) in [4.78, 5) is 2.67. The summed E-state index contributed by atoms with van der Waals surface area (Å²) in [6.07, 6.45) is 4.38. The molecule has 4 aliphatic rings. The van der Waals surface area contributed by atoms with Gasteiger partial charge in [-0.15, -0.1) is 0 Å². The maximum atomic E-state index is 5.36. The first-order chi connectivity index (χ1) is 5.73. The summed E-state index contributed by atoms with van der Waals surface area (Å²) in [5, 5.41) is 0. The second-order valence-electron chi connectivity index (χ2n) is 5.16. The van der Waals surface area contributed by atoms with Crippen LogP contribution in [0.4, 0.5) is 0 Å². The largest absolute Gasteiger partial charge is 0.379 e. The molecule has 1 heterocycles. The van der Waals surface area contributed by atoms with Crippen LogP contribution in [0, 0.1) is 5.41 Å². The van der Waals surface area contributed by atoms with Crippen molar-refractivity contribution in [2.45, 2.75) is 31.7 Å². The maximum absolute atomic E-state index is 5.36. The van der Waals surface area contributed by atoms with Crippen molar-refractivity contribution < 1.29 is 4.74 Å². The summed E-state index contributed by atoms with van der Waals surface area (Å²) < 4.78 is 5.36. The molecule has 0 aromatic rings. The Morgan fingerprint density at radius 3 is 2.17 bits per heavy atom. The van der Waals surface area contributed by atoms with Gasteiger partial charge in [0.05, 0.1) is 13.2 Å². The van der Waals surface area contributed by atoms with Gasteiger partial charge in [-0.2, -0.15) is 0 Å². The molecule has 2 bridgehead atoms. The van der Waals surface area contributed by atoms with Gasteiger partial charge in [-0.3, -0.25) is 4.90 Å². The predicted octanol–water partition coefficient (Wildman–Crippen LogP) is 1.26. The van der Waals surface area contributed by atoms with E-state index in [-0.39, 0.29) is 0 Å². The van der Waals surface area contributed by atoms with E-state index in [4.69, 9.17) is 4.74 Å². The highest BCUT2D eigenvalue weighted by atomic mass is 16.5. The van der Waals surface area contributed by atoms with Crippen LogP contribution in [-0.2, 0) is 4.74 Å². The third-order valence-corrected chi connectivity index (χ3v) is 3.95. The second-order valence-corrected chi connectivity index (χ2v) is 5.16. The fourth-order valence-electron chi connectivity index (χ4n) is 3.60. The van der Waals surface area contributed by atoms with E-state index in [0.29, 0.717) is 5.54 Å². The van der Waals surface area contributed by atoms with E-state index in [0.717, 1.165) is 18.6 Å². The average molecular weight is 167 g/mol. The van der Waals surface area contributed by atoms with Crippen molar-refractivity contribution in [3.63, 3.8) is 0 Å². The zero-order chi connectivity index (χ0) is 8.23. The highest BCUT2D eigenvalue weighted by molar-refractivity contribution is 5.21. The quantitative estimate of drug-likeness (QED) is 0.583. The summed E-state index contributed by atoms with van der Waals surface area (Å²) in [5.74, 6) is 0. The Balaban J connectivity index is 1.67. The van der Waals surface area contributed by atoms with Crippen LogP contribution in [0.5, 0.6) is 0 Å². The molecule has 3 saturated carbocycles. The summed E-state index contributed by atoms with van der Waals surface area (Å²) in [7, 11) is 0. The van der Waals surface area contributed by atoms with Crippen LogP contribution in [0.15, 0.2) is 0 Å². The van der Waals surface area contributed by atoms with E-state index < -0.39 is 0 Å². The molecular weight excluding hydrogens is 150 g/mol. The Labute approximate surface area is 73.9 Å². The molecule has 0 aromatic heterocycles. The molecule has 12 heavy (non-hydrogen) atoms. The lowest BCUT2D eigenvalue weighted by atomic mass is 9.39. The van der Waals surface area contributed by atoms with Crippen LogP contribution < -0.4 is 0 Å². The normalized spacial score (nSPS) is 52.8. The van der Waals surface area contributed by atoms with Gasteiger partial charge in [-0.1, -0.05) is 6.92 Å². The minimum absolute atomic E-state index is 0.651. The Morgan fingerprint density at radius 2 is 1.67 bits per heavy atom. The Bertz CT molecular complexity index is 188. The minimum atomic E-state index is 0.651. The topological polar surface area (TPSA) is 12.5 Å². The third kappa shape index (κ3) is 0.775. The van der Waals surface area contributed by atoms with E-state index in [9.17, 15) is 0 Å². The molecule has 0 atom stereocenters. The molecule has 2 nitrogen and oxygen atoms in total. The highest BCUT2D eigenvalue weighted by Gasteiger charge is 2.67. The van der Waals surface area contributed by atoms with Crippen molar-refractivity contribution >= 4 is 0 Å². The van der Waals surface area contributed by atoms with Crippen LogP contribution >= 0.6 is 0 Å². The first kappa shape index (κ1) is 7.34. The SMILES string of the molecule is CC12CC(N3CCOCC3)(C1)C2. The Kier molecular flexibility index (Phi) is 1.25. The van der Waals surface area contributed by atoms with Crippen molar-refractivity contribution in [3.05, 3.63) is 0 Å². The first-order valence-electron chi connectivity index (χ1n) is 5.05. The number of hydrogen-bond acceptors (Lipinski definition) is 2. The van der Waals surface area contributed by atoms with Gasteiger partial charge < -0.3 is 4.74 Å². The summed E-state index contributed by atoms with van der Waals surface area (Å²) in [6, 6.07) is 0. The third-order valence-electron chi connectivity index (χ3n) is 3.95. The van der Waals surface area contributed by atoms with E-state index >= 15 is 0 Å². The summed E-state index contributed by atoms with van der Waals surface area (Å²) >= 11 is 0. The monoisotopic (exact) mass is 167 g/mol. The van der Waals surface area contributed by atoms with E-state index in [2.05, 4.69) is 11.8 Å². The highest BCUT2D eigenvalue weighted by Crippen LogP contribution is 2.69. The molecule has 4 rings (SSSR count). The van der Waals surface area contributed by atoms with Crippen molar-refractivity contribution in [3.8, 4) is 0 Å². The van der Waals surface area contributed by atoms with Crippen LogP contribution in [0.3, 0.4) is 0 Å².